The quantitative estimate of drug-likeness (QED) is 0.785. The van der Waals surface area contributed by atoms with Gasteiger partial charge in [0.05, 0.1) is 26.3 Å². The summed E-state index contributed by atoms with van der Waals surface area (Å²) in [6, 6.07) is 0.335. The summed E-state index contributed by atoms with van der Waals surface area (Å²) in [5, 5.41) is 7.43. The first-order valence-electron chi connectivity index (χ1n) is 8.87. The molecule has 0 aliphatic carbocycles. The fourth-order valence-electron chi connectivity index (χ4n) is 3.22. The molecule has 0 radical (unpaired) electrons. The number of ether oxygens (including phenoxy) is 1. The number of amides is 1. The smallest absolute Gasteiger partial charge is 0.236 e. The Labute approximate surface area is 142 Å². The molecule has 8 nitrogen and oxygen atoms in total. The van der Waals surface area contributed by atoms with Crippen LogP contribution < -0.4 is 5.32 Å². The lowest BCUT2D eigenvalue weighted by Crippen LogP contribution is -2.50. The highest BCUT2D eigenvalue weighted by Crippen LogP contribution is 2.13. The number of carbonyl (C=O) groups excluding carboxylic acids is 1. The molecule has 0 aromatic carbocycles. The molecular formula is C16H27N5O3. The highest BCUT2D eigenvalue weighted by Gasteiger charge is 2.23. The molecule has 1 atom stereocenters. The Hall–Kier alpha value is -1.51. The zero-order valence-corrected chi connectivity index (χ0v) is 14.4. The lowest BCUT2D eigenvalue weighted by atomic mass is 10.1. The van der Waals surface area contributed by atoms with Crippen molar-refractivity contribution < 1.29 is 14.1 Å². The lowest BCUT2D eigenvalue weighted by Gasteiger charge is -2.33. The predicted molar refractivity (Wildman–Crippen MR) is 87.4 cm³/mol. The van der Waals surface area contributed by atoms with Gasteiger partial charge in [-0.1, -0.05) is 12.1 Å². The first-order valence-corrected chi connectivity index (χ1v) is 8.87. The van der Waals surface area contributed by atoms with E-state index in [1.807, 2.05) is 11.8 Å². The van der Waals surface area contributed by atoms with E-state index in [9.17, 15) is 4.79 Å². The van der Waals surface area contributed by atoms with E-state index in [2.05, 4.69) is 20.4 Å². The maximum atomic E-state index is 12.2. The second kappa shape index (κ2) is 8.55. The lowest BCUT2D eigenvalue weighted by molar-refractivity contribution is -0.134. The molecule has 0 spiro atoms. The van der Waals surface area contributed by atoms with E-state index in [0.29, 0.717) is 51.3 Å². The van der Waals surface area contributed by atoms with Crippen LogP contribution in [0.15, 0.2) is 4.52 Å². The molecule has 2 saturated heterocycles. The Morgan fingerprint density at radius 3 is 2.92 bits per heavy atom. The zero-order chi connectivity index (χ0) is 16.8. The highest BCUT2D eigenvalue weighted by molar-refractivity contribution is 5.78. The van der Waals surface area contributed by atoms with Crippen LogP contribution in [-0.2, 0) is 22.5 Å². The fourth-order valence-corrected chi connectivity index (χ4v) is 3.22. The van der Waals surface area contributed by atoms with Crippen LogP contribution in [0.1, 0.15) is 31.5 Å². The standard InChI is InChI=1S/C16H27N5O3/c1-2-15-18-14(19-24-15)12-20-5-3-4-13(11-20)17-10-16(22)21-6-8-23-9-7-21/h13,17H,2-12H2,1H3. The summed E-state index contributed by atoms with van der Waals surface area (Å²) in [6.45, 7) is 7.76. The Balaban J connectivity index is 1.42. The molecule has 2 aliphatic rings. The van der Waals surface area contributed by atoms with Crippen molar-refractivity contribution in [2.45, 2.75) is 38.8 Å². The van der Waals surface area contributed by atoms with Gasteiger partial charge in [0.25, 0.3) is 0 Å². The van der Waals surface area contributed by atoms with Crippen LogP contribution in [-0.4, -0.2) is 77.8 Å². The van der Waals surface area contributed by atoms with Crippen LogP contribution in [0.5, 0.6) is 0 Å². The van der Waals surface area contributed by atoms with Gasteiger partial charge in [-0.05, 0) is 19.4 Å². The molecule has 134 valence electrons. The maximum Gasteiger partial charge on any atom is 0.236 e. The first-order chi connectivity index (χ1) is 11.7. The second-order valence-corrected chi connectivity index (χ2v) is 6.41. The van der Waals surface area contributed by atoms with Gasteiger partial charge < -0.3 is 19.5 Å². The van der Waals surface area contributed by atoms with Crippen LogP contribution >= 0.6 is 0 Å². The molecule has 1 aromatic rings. The fraction of sp³-hybridized carbons (Fsp3) is 0.812. The molecule has 1 unspecified atom stereocenters. The molecule has 2 aliphatic heterocycles. The van der Waals surface area contributed by atoms with E-state index < -0.39 is 0 Å². The number of aromatic nitrogens is 2. The summed E-state index contributed by atoms with van der Waals surface area (Å²) in [5.74, 6) is 1.60. The van der Waals surface area contributed by atoms with E-state index >= 15 is 0 Å². The number of nitrogens with one attached hydrogen (secondary N) is 1. The highest BCUT2D eigenvalue weighted by atomic mass is 16.5. The topological polar surface area (TPSA) is 83.7 Å². The van der Waals surface area contributed by atoms with Crippen molar-refractivity contribution in [1.82, 2.24) is 25.3 Å². The zero-order valence-electron chi connectivity index (χ0n) is 14.4. The molecule has 1 amide bonds. The van der Waals surface area contributed by atoms with E-state index in [4.69, 9.17) is 9.26 Å². The Bertz CT molecular complexity index is 530. The summed E-state index contributed by atoms with van der Waals surface area (Å²) in [5.41, 5.74) is 0. The summed E-state index contributed by atoms with van der Waals surface area (Å²) >= 11 is 0. The molecule has 1 N–H and O–H groups in total. The largest absolute Gasteiger partial charge is 0.378 e. The van der Waals surface area contributed by atoms with E-state index in [0.717, 1.165) is 38.2 Å². The normalized spacial score (nSPS) is 22.7. The number of nitrogens with zero attached hydrogens (tertiary/aromatic N) is 4. The third kappa shape index (κ3) is 4.75. The Kier molecular flexibility index (Phi) is 6.17. The maximum absolute atomic E-state index is 12.2. The van der Waals surface area contributed by atoms with E-state index in [1.165, 1.54) is 0 Å². The van der Waals surface area contributed by atoms with Gasteiger partial charge in [-0.25, -0.2) is 0 Å². The molecule has 3 rings (SSSR count). The van der Waals surface area contributed by atoms with Gasteiger partial charge in [-0.3, -0.25) is 9.69 Å². The van der Waals surface area contributed by atoms with E-state index in [1.54, 1.807) is 0 Å². The monoisotopic (exact) mass is 337 g/mol. The van der Waals surface area contributed by atoms with Crippen molar-refractivity contribution in [3.8, 4) is 0 Å². The van der Waals surface area contributed by atoms with Gasteiger partial charge in [0.2, 0.25) is 11.8 Å². The third-order valence-corrected chi connectivity index (χ3v) is 4.59. The van der Waals surface area contributed by atoms with Gasteiger partial charge in [0.15, 0.2) is 5.82 Å². The summed E-state index contributed by atoms with van der Waals surface area (Å²) in [6.07, 6.45) is 2.97. The number of rotatable bonds is 6. The molecule has 8 heteroatoms. The van der Waals surface area contributed by atoms with Crippen LogP contribution in [0.4, 0.5) is 0 Å². The number of hydrogen-bond donors (Lipinski definition) is 1. The van der Waals surface area contributed by atoms with Crippen molar-refractivity contribution in [3.63, 3.8) is 0 Å². The molecule has 0 bridgehead atoms. The summed E-state index contributed by atoms with van der Waals surface area (Å²) in [4.78, 5) is 20.8. The summed E-state index contributed by atoms with van der Waals surface area (Å²) in [7, 11) is 0. The van der Waals surface area contributed by atoms with Gasteiger partial charge in [-0.2, -0.15) is 4.98 Å². The van der Waals surface area contributed by atoms with Crippen molar-refractivity contribution in [3.05, 3.63) is 11.7 Å². The average Bonchev–Trinajstić information content (AvgIpc) is 3.08. The van der Waals surface area contributed by atoms with Gasteiger partial charge >= 0.3 is 0 Å². The Morgan fingerprint density at radius 2 is 2.17 bits per heavy atom. The molecule has 24 heavy (non-hydrogen) atoms. The average molecular weight is 337 g/mol. The molecule has 0 saturated carbocycles. The van der Waals surface area contributed by atoms with Crippen LogP contribution in [0.3, 0.4) is 0 Å². The van der Waals surface area contributed by atoms with Crippen molar-refractivity contribution >= 4 is 5.91 Å². The van der Waals surface area contributed by atoms with Crippen LogP contribution in [0, 0.1) is 0 Å². The van der Waals surface area contributed by atoms with Gasteiger partial charge in [-0.15, -0.1) is 0 Å². The summed E-state index contributed by atoms with van der Waals surface area (Å²) < 4.78 is 10.4. The number of hydrogen-bond acceptors (Lipinski definition) is 7. The van der Waals surface area contributed by atoms with Crippen LogP contribution in [0.2, 0.25) is 0 Å². The number of morpholine rings is 1. The Morgan fingerprint density at radius 1 is 1.33 bits per heavy atom. The molecule has 2 fully saturated rings. The molecule has 1 aromatic heterocycles. The number of piperidine rings is 1. The number of carbonyl (C=O) groups is 1. The third-order valence-electron chi connectivity index (χ3n) is 4.59. The molecular weight excluding hydrogens is 310 g/mol. The van der Waals surface area contributed by atoms with E-state index in [-0.39, 0.29) is 5.91 Å². The number of aryl methyl sites for hydroxylation is 1. The van der Waals surface area contributed by atoms with Gasteiger partial charge in [0.1, 0.15) is 0 Å². The van der Waals surface area contributed by atoms with Crippen molar-refractivity contribution in [2.24, 2.45) is 0 Å². The van der Waals surface area contributed by atoms with Crippen molar-refractivity contribution in [1.29, 1.82) is 0 Å². The second-order valence-electron chi connectivity index (χ2n) is 6.41. The van der Waals surface area contributed by atoms with Crippen LogP contribution in [0.25, 0.3) is 0 Å². The SMILES string of the molecule is CCc1nc(CN2CCCC(NCC(=O)N3CCOCC3)C2)no1. The predicted octanol–water partition coefficient (Wildman–Crippen LogP) is 0.0448. The molecule has 3 heterocycles. The minimum absolute atomic E-state index is 0.168. The minimum atomic E-state index is 0.168. The minimum Gasteiger partial charge on any atom is -0.378 e. The number of likely N-dealkylation sites (tertiary alicyclic amines) is 1. The van der Waals surface area contributed by atoms with Gasteiger partial charge in [0, 0.05) is 32.1 Å². The van der Waals surface area contributed by atoms with Crippen molar-refractivity contribution in [2.75, 3.05) is 45.9 Å². The first kappa shape index (κ1) is 17.3.